The molecule has 2 nitrogen and oxygen atoms in total. The molecule has 0 aliphatic heterocycles. The van der Waals surface area contributed by atoms with Crippen molar-refractivity contribution in [3.8, 4) is 0 Å². The molecule has 108 valence electrons. The molecule has 0 saturated carbocycles. The van der Waals surface area contributed by atoms with Crippen LogP contribution in [-0.2, 0) is 12.8 Å². The van der Waals surface area contributed by atoms with Gasteiger partial charge >= 0.3 is 0 Å². The van der Waals surface area contributed by atoms with Gasteiger partial charge in [-0.3, -0.25) is 0 Å². The molecule has 1 N–H and O–H groups in total. The molecule has 1 unspecified atom stereocenters. The Labute approximate surface area is 122 Å². The SMILES string of the molecule is CCCNC(CCc1ccco1)Cc1ccccc1C. The zero-order chi connectivity index (χ0) is 14.2. The summed E-state index contributed by atoms with van der Waals surface area (Å²) in [7, 11) is 0. The highest BCUT2D eigenvalue weighted by Gasteiger charge is 2.11. The summed E-state index contributed by atoms with van der Waals surface area (Å²) in [5.41, 5.74) is 2.83. The summed E-state index contributed by atoms with van der Waals surface area (Å²) < 4.78 is 5.43. The van der Waals surface area contributed by atoms with Gasteiger partial charge in [-0.05, 0) is 56.0 Å². The molecule has 1 heterocycles. The molecule has 0 spiro atoms. The molecule has 0 bridgehead atoms. The third kappa shape index (κ3) is 4.53. The lowest BCUT2D eigenvalue weighted by Crippen LogP contribution is -2.32. The molecule has 0 saturated heterocycles. The number of aryl methyl sites for hydroxylation is 2. The molecule has 20 heavy (non-hydrogen) atoms. The van der Waals surface area contributed by atoms with E-state index in [-0.39, 0.29) is 0 Å². The Hall–Kier alpha value is -1.54. The van der Waals surface area contributed by atoms with Crippen molar-refractivity contribution in [2.45, 2.75) is 45.6 Å². The van der Waals surface area contributed by atoms with Crippen LogP contribution >= 0.6 is 0 Å². The summed E-state index contributed by atoms with van der Waals surface area (Å²) in [6.45, 7) is 5.48. The van der Waals surface area contributed by atoms with Gasteiger partial charge in [0, 0.05) is 12.5 Å². The molecule has 2 aromatic rings. The minimum absolute atomic E-state index is 0.515. The molecule has 0 amide bonds. The molecule has 0 aliphatic carbocycles. The first kappa shape index (κ1) is 14.9. The largest absolute Gasteiger partial charge is 0.469 e. The first-order chi connectivity index (χ1) is 9.79. The number of hydrogen-bond donors (Lipinski definition) is 1. The monoisotopic (exact) mass is 271 g/mol. The second-order valence-corrected chi connectivity index (χ2v) is 5.40. The maximum absolute atomic E-state index is 5.43. The third-order valence-electron chi connectivity index (χ3n) is 3.73. The van der Waals surface area contributed by atoms with Crippen LogP contribution in [-0.4, -0.2) is 12.6 Å². The smallest absolute Gasteiger partial charge is 0.103 e. The molecule has 0 fully saturated rings. The summed E-state index contributed by atoms with van der Waals surface area (Å²) in [6, 6.07) is 13.2. The van der Waals surface area contributed by atoms with Crippen molar-refractivity contribution in [3.63, 3.8) is 0 Å². The predicted molar refractivity (Wildman–Crippen MR) is 84.0 cm³/mol. The first-order valence-corrected chi connectivity index (χ1v) is 7.60. The first-order valence-electron chi connectivity index (χ1n) is 7.60. The van der Waals surface area contributed by atoms with Gasteiger partial charge < -0.3 is 9.73 Å². The van der Waals surface area contributed by atoms with E-state index in [1.54, 1.807) is 6.26 Å². The number of hydrogen-bond acceptors (Lipinski definition) is 2. The summed E-state index contributed by atoms with van der Waals surface area (Å²) in [4.78, 5) is 0. The van der Waals surface area contributed by atoms with Crippen molar-refractivity contribution in [2.24, 2.45) is 0 Å². The van der Waals surface area contributed by atoms with E-state index < -0.39 is 0 Å². The average Bonchev–Trinajstić information content (AvgIpc) is 2.97. The lowest BCUT2D eigenvalue weighted by molar-refractivity contribution is 0.441. The fraction of sp³-hybridized carbons (Fsp3) is 0.444. The molecular formula is C18H25NO. The predicted octanol–water partition coefficient (Wildman–Crippen LogP) is 4.13. The average molecular weight is 271 g/mol. The second kappa shape index (κ2) is 7.91. The van der Waals surface area contributed by atoms with Crippen LogP contribution in [0.4, 0.5) is 0 Å². The summed E-state index contributed by atoms with van der Waals surface area (Å²) >= 11 is 0. The molecule has 1 atom stereocenters. The van der Waals surface area contributed by atoms with Crippen LogP contribution in [0.2, 0.25) is 0 Å². The Balaban J connectivity index is 1.94. The topological polar surface area (TPSA) is 25.2 Å². The summed E-state index contributed by atoms with van der Waals surface area (Å²) in [6.07, 6.45) is 6.13. The van der Waals surface area contributed by atoms with Crippen LogP contribution in [0.5, 0.6) is 0 Å². The number of benzene rings is 1. The van der Waals surface area contributed by atoms with Gasteiger partial charge in [0.25, 0.3) is 0 Å². The molecule has 1 aromatic carbocycles. The van der Waals surface area contributed by atoms with E-state index in [4.69, 9.17) is 4.42 Å². The van der Waals surface area contributed by atoms with Crippen molar-refractivity contribution in [1.82, 2.24) is 5.32 Å². The third-order valence-corrected chi connectivity index (χ3v) is 3.73. The van der Waals surface area contributed by atoms with Crippen molar-refractivity contribution in [1.29, 1.82) is 0 Å². The quantitative estimate of drug-likeness (QED) is 0.781. The highest BCUT2D eigenvalue weighted by atomic mass is 16.3. The van der Waals surface area contributed by atoms with Crippen LogP contribution in [0.3, 0.4) is 0 Å². The van der Waals surface area contributed by atoms with Gasteiger partial charge in [0.05, 0.1) is 6.26 Å². The normalized spacial score (nSPS) is 12.5. The highest BCUT2D eigenvalue weighted by Crippen LogP contribution is 2.14. The van der Waals surface area contributed by atoms with Gasteiger partial charge in [-0.15, -0.1) is 0 Å². The summed E-state index contributed by atoms with van der Waals surface area (Å²) in [5, 5.41) is 3.67. The molecule has 1 aromatic heterocycles. The van der Waals surface area contributed by atoms with E-state index in [9.17, 15) is 0 Å². The van der Waals surface area contributed by atoms with Crippen LogP contribution in [0.25, 0.3) is 0 Å². The maximum Gasteiger partial charge on any atom is 0.103 e. The molecule has 0 aliphatic rings. The lowest BCUT2D eigenvalue weighted by atomic mass is 9.97. The standard InChI is InChI=1S/C18H25NO/c1-3-12-19-17(10-11-18-9-6-13-20-18)14-16-8-5-4-7-15(16)2/h4-9,13,17,19H,3,10-12,14H2,1-2H3. The molecule has 0 radical (unpaired) electrons. The van der Waals surface area contributed by atoms with Crippen LogP contribution in [0.15, 0.2) is 47.1 Å². The Kier molecular flexibility index (Phi) is 5.87. The highest BCUT2D eigenvalue weighted by molar-refractivity contribution is 5.26. The van der Waals surface area contributed by atoms with Crippen molar-refractivity contribution in [2.75, 3.05) is 6.54 Å². The van der Waals surface area contributed by atoms with Gasteiger partial charge in [-0.25, -0.2) is 0 Å². The van der Waals surface area contributed by atoms with E-state index in [0.29, 0.717) is 6.04 Å². The Bertz CT molecular complexity index is 490. The number of furan rings is 1. The van der Waals surface area contributed by atoms with Gasteiger partial charge in [0.1, 0.15) is 5.76 Å². The van der Waals surface area contributed by atoms with E-state index in [0.717, 1.165) is 31.6 Å². The van der Waals surface area contributed by atoms with Gasteiger partial charge in [-0.2, -0.15) is 0 Å². The van der Waals surface area contributed by atoms with Crippen LogP contribution in [0, 0.1) is 6.92 Å². The van der Waals surface area contributed by atoms with Crippen molar-refractivity contribution in [3.05, 3.63) is 59.5 Å². The Morgan fingerprint density at radius 1 is 1.15 bits per heavy atom. The summed E-state index contributed by atoms with van der Waals surface area (Å²) in [5.74, 6) is 1.08. The molecule has 2 rings (SSSR count). The maximum atomic E-state index is 5.43. The van der Waals surface area contributed by atoms with Gasteiger partial charge in [0.15, 0.2) is 0 Å². The minimum Gasteiger partial charge on any atom is -0.469 e. The second-order valence-electron chi connectivity index (χ2n) is 5.40. The Morgan fingerprint density at radius 2 is 2.00 bits per heavy atom. The van der Waals surface area contributed by atoms with Gasteiger partial charge in [-0.1, -0.05) is 31.2 Å². The fourth-order valence-electron chi connectivity index (χ4n) is 2.50. The van der Waals surface area contributed by atoms with E-state index in [1.165, 1.54) is 17.5 Å². The van der Waals surface area contributed by atoms with E-state index in [2.05, 4.69) is 49.5 Å². The zero-order valence-corrected chi connectivity index (χ0v) is 12.6. The van der Waals surface area contributed by atoms with E-state index >= 15 is 0 Å². The minimum atomic E-state index is 0.515. The van der Waals surface area contributed by atoms with Crippen molar-refractivity contribution >= 4 is 0 Å². The van der Waals surface area contributed by atoms with E-state index in [1.807, 2.05) is 6.07 Å². The van der Waals surface area contributed by atoms with Crippen LogP contribution in [0.1, 0.15) is 36.7 Å². The van der Waals surface area contributed by atoms with Crippen molar-refractivity contribution < 1.29 is 4.42 Å². The zero-order valence-electron chi connectivity index (χ0n) is 12.6. The van der Waals surface area contributed by atoms with Crippen LogP contribution < -0.4 is 5.32 Å². The van der Waals surface area contributed by atoms with Gasteiger partial charge in [0.2, 0.25) is 0 Å². The number of rotatable bonds is 8. The lowest BCUT2D eigenvalue weighted by Gasteiger charge is -2.19. The fourth-order valence-corrected chi connectivity index (χ4v) is 2.50. The number of nitrogens with one attached hydrogen (secondary N) is 1. The molecular weight excluding hydrogens is 246 g/mol. The Morgan fingerprint density at radius 3 is 2.70 bits per heavy atom. The molecule has 2 heteroatoms.